The Labute approximate surface area is 173 Å². The molecule has 3 aromatic rings. The summed E-state index contributed by atoms with van der Waals surface area (Å²) in [6.07, 6.45) is 2.69. The number of hydrogen-bond acceptors (Lipinski definition) is 4. The molecule has 0 spiro atoms. The van der Waals surface area contributed by atoms with Gasteiger partial charge in [0.05, 0.1) is 12.2 Å². The lowest BCUT2D eigenvalue weighted by atomic mass is 10.0. The van der Waals surface area contributed by atoms with Crippen molar-refractivity contribution in [3.05, 3.63) is 71.5 Å². The van der Waals surface area contributed by atoms with Crippen LogP contribution in [0.2, 0.25) is 0 Å². The predicted molar refractivity (Wildman–Crippen MR) is 111 cm³/mol. The molecule has 1 amide bonds. The van der Waals surface area contributed by atoms with Gasteiger partial charge in [-0.3, -0.25) is 4.79 Å². The van der Waals surface area contributed by atoms with Crippen LogP contribution in [0.4, 0.5) is 8.78 Å². The second-order valence-electron chi connectivity index (χ2n) is 6.92. The molecule has 30 heavy (non-hydrogen) atoms. The summed E-state index contributed by atoms with van der Waals surface area (Å²) < 4.78 is 31.7. The molecule has 3 rings (SSSR count). The largest absolute Gasteiger partial charge is 0.492 e. The number of nitrogens with one attached hydrogen (secondary N) is 1. The third-order valence-electron chi connectivity index (χ3n) is 4.71. The van der Waals surface area contributed by atoms with Crippen LogP contribution in [-0.2, 0) is 0 Å². The van der Waals surface area contributed by atoms with Gasteiger partial charge in [-0.05, 0) is 48.7 Å². The highest BCUT2D eigenvalue weighted by Crippen LogP contribution is 2.25. The molecule has 0 unspecified atom stereocenters. The number of carbonyl (C=O) groups excluding carboxylic acids is 1. The van der Waals surface area contributed by atoms with Crippen molar-refractivity contribution < 1.29 is 18.3 Å². The molecule has 1 aromatic heterocycles. The van der Waals surface area contributed by atoms with E-state index in [1.54, 1.807) is 12.1 Å². The van der Waals surface area contributed by atoms with Crippen molar-refractivity contribution >= 4 is 5.91 Å². The maximum absolute atomic E-state index is 12.8. The van der Waals surface area contributed by atoms with E-state index in [1.165, 1.54) is 12.4 Å². The van der Waals surface area contributed by atoms with Crippen molar-refractivity contribution in [1.82, 2.24) is 15.1 Å². The number of halogens is 2. The van der Waals surface area contributed by atoms with E-state index in [0.29, 0.717) is 34.7 Å². The molecule has 158 valence electrons. The van der Waals surface area contributed by atoms with Crippen LogP contribution >= 0.6 is 0 Å². The molecule has 8 heteroatoms. The van der Waals surface area contributed by atoms with Gasteiger partial charge >= 0.3 is 6.55 Å². The zero-order chi connectivity index (χ0) is 21.7. The van der Waals surface area contributed by atoms with Crippen LogP contribution < -0.4 is 15.8 Å². The first-order chi connectivity index (χ1) is 14.4. The van der Waals surface area contributed by atoms with Gasteiger partial charge in [-0.15, -0.1) is 0 Å². The highest BCUT2D eigenvalue weighted by Gasteiger charge is 2.16. The molecular weight excluding hydrogens is 390 g/mol. The highest BCUT2D eigenvalue weighted by atomic mass is 19.3. The summed E-state index contributed by atoms with van der Waals surface area (Å²) in [4.78, 5) is 12.8. The van der Waals surface area contributed by atoms with Crippen molar-refractivity contribution in [3.63, 3.8) is 0 Å². The van der Waals surface area contributed by atoms with Gasteiger partial charge in [0.2, 0.25) is 0 Å². The second kappa shape index (κ2) is 9.49. The van der Waals surface area contributed by atoms with Crippen molar-refractivity contribution in [2.45, 2.75) is 26.4 Å². The average molecular weight is 414 g/mol. The van der Waals surface area contributed by atoms with Crippen LogP contribution in [0.5, 0.6) is 5.75 Å². The van der Waals surface area contributed by atoms with Crippen molar-refractivity contribution in [2.75, 3.05) is 13.2 Å². The van der Waals surface area contributed by atoms with Gasteiger partial charge in [-0.1, -0.05) is 24.3 Å². The Morgan fingerprint density at radius 3 is 2.73 bits per heavy atom. The van der Waals surface area contributed by atoms with E-state index >= 15 is 0 Å². The monoisotopic (exact) mass is 414 g/mol. The number of carbonyl (C=O) groups is 1. The number of rotatable bonds is 8. The lowest BCUT2D eigenvalue weighted by Crippen LogP contribution is -2.27. The minimum atomic E-state index is -2.69. The third-order valence-corrected chi connectivity index (χ3v) is 4.71. The maximum Gasteiger partial charge on any atom is 0.333 e. The molecule has 0 saturated heterocycles. The molecule has 2 aromatic carbocycles. The van der Waals surface area contributed by atoms with Gasteiger partial charge < -0.3 is 15.8 Å². The fraction of sp³-hybridized carbons (Fsp3) is 0.273. The molecule has 1 heterocycles. The fourth-order valence-electron chi connectivity index (χ4n) is 3.05. The Balaban J connectivity index is 1.76. The summed E-state index contributed by atoms with van der Waals surface area (Å²) >= 11 is 0. The quantitative estimate of drug-likeness (QED) is 0.582. The van der Waals surface area contributed by atoms with E-state index in [2.05, 4.69) is 10.4 Å². The van der Waals surface area contributed by atoms with Gasteiger partial charge in [0.15, 0.2) is 0 Å². The van der Waals surface area contributed by atoms with Crippen molar-refractivity contribution in [2.24, 2.45) is 5.73 Å². The third kappa shape index (κ3) is 5.01. The van der Waals surface area contributed by atoms with E-state index in [-0.39, 0.29) is 11.9 Å². The summed E-state index contributed by atoms with van der Waals surface area (Å²) in [7, 11) is 0. The molecule has 0 radical (unpaired) electrons. The van der Waals surface area contributed by atoms with E-state index in [4.69, 9.17) is 10.5 Å². The second-order valence-corrected chi connectivity index (χ2v) is 6.92. The van der Waals surface area contributed by atoms with E-state index in [0.717, 1.165) is 16.7 Å². The lowest BCUT2D eigenvalue weighted by Gasteiger charge is -2.17. The van der Waals surface area contributed by atoms with Crippen LogP contribution in [0.25, 0.3) is 11.1 Å². The predicted octanol–water partition coefficient (Wildman–Crippen LogP) is 4.08. The molecule has 0 aliphatic carbocycles. The molecule has 0 aliphatic rings. The molecule has 0 aliphatic heterocycles. The topological polar surface area (TPSA) is 82.2 Å². The van der Waals surface area contributed by atoms with Gasteiger partial charge in [-0.25, -0.2) is 4.68 Å². The highest BCUT2D eigenvalue weighted by molar-refractivity contribution is 5.96. The van der Waals surface area contributed by atoms with Crippen molar-refractivity contribution in [1.29, 1.82) is 0 Å². The van der Waals surface area contributed by atoms with Crippen LogP contribution in [0.3, 0.4) is 0 Å². The van der Waals surface area contributed by atoms with Gasteiger partial charge in [0, 0.05) is 23.9 Å². The van der Waals surface area contributed by atoms with Crippen LogP contribution in [0.1, 0.15) is 41.0 Å². The first kappa shape index (κ1) is 21.4. The average Bonchev–Trinajstić information content (AvgIpc) is 3.24. The number of nitrogens with two attached hydrogens (primary N) is 1. The Kier molecular flexibility index (Phi) is 6.79. The smallest absolute Gasteiger partial charge is 0.333 e. The zero-order valence-corrected chi connectivity index (χ0v) is 16.8. The number of amides is 1. The Hall–Kier alpha value is -3.26. The van der Waals surface area contributed by atoms with Crippen LogP contribution in [0, 0.1) is 6.92 Å². The first-order valence-corrected chi connectivity index (χ1v) is 9.56. The van der Waals surface area contributed by atoms with Gasteiger partial charge in [0.25, 0.3) is 5.91 Å². The fourth-order valence-corrected chi connectivity index (χ4v) is 3.05. The summed E-state index contributed by atoms with van der Waals surface area (Å²) in [5, 5.41) is 6.65. The number of benzene rings is 2. The molecule has 6 nitrogen and oxygen atoms in total. The number of aromatic nitrogens is 2. The Bertz CT molecular complexity index is 1020. The number of alkyl halides is 2. The minimum Gasteiger partial charge on any atom is -0.492 e. The van der Waals surface area contributed by atoms with Gasteiger partial charge in [0.1, 0.15) is 12.4 Å². The van der Waals surface area contributed by atoms with E-state index < -0.39 is 6.55 Å². The molecular formula is C22H24F2N4O2. The molecule has 3 N–H and O–H groups in total. The zero-order valence-electron chi connectivity index (χ0n) is 16.8. The Morgan fingerprint density at radius 1 is 1.23 bits per heavy atom. The SMILES string of the molecule is Cc1ccc(OCCN)cc1C(=O)N[C@H](C)c1cccc(-c2cnn(C(F)F)c2)c1. The van der Waals surface area contributed by atoms with E-state index in [1.807, 2.05) is 44.2 Å². The number of hydrogen-bond donors (Lipinski definition) is 2. The standard InChI is InChI=1S/C22H24F2N4O2/c1-14-6-7-19(30-9-8-25)11-20(14)21(29)27-15(2)16-4-3-5-17(10-16)18-12-26-28(13-18)22(23)24/h3-7,10-13,15,22H,8-9,25H2,1-2H3,(H,27,29)/t15-/m1/s1. The Morgan fingerprint density at radius 2 is 2.03 bits per heavy atom. The number of nitrogens with zero attached hydrogens (tertiary/aromatic N) is 2. The minimum absolute atomic E-state index is 0.228. The van der Waals surface area contributed by atoms with Crippen LogP contribution in [0.15, 0.2) is 54.9 Å². The van der Waals surface area contributed by atoms with Gasteiger partial charge in [-0.2, -0.15) is 13.9 Å². The lowest BCUT2D eigenvalue weighted by molar-refractivity contribution is 0.0566. The molecule has 1 atom stereocenters. The number of aryl methyl sites for hydroxylation is 1. The first-order valence-electron chi connectivity index (χ1n) is 9.56. The normalized spacial score (nSPS) is 12.1. The molecule has 0 bridgehead atoms. The van der Waals surface area contributed by atoms with Crippen LogP contribution in [-0.4, -0.2) is 28.8 Å². The number of ether oxygens (including phenoxy) is 1. The summed E-state index contributed by atoms with van der Waals surface area (Å²) in [6.45, 7) is 1.79. The maximum atomic E-state index is 12.8. The van der Waals surface area contributed by atoms with E-state index in [9.17, 15) is 13.6 Å². The summed E-state index contributed by atoms with van der Waals surface area (Å²) in [6, 6.07) is 12.4. The molecule has 0 fully saturated rings. The molecule has 0 saturated carbocycles. The summed E-state index contributed by atoms with van der Waals surface area (Å²) in [5.74, 6) is 0.357. The van der Waals surface area contributed by atoms with Crippen molar-refractivity contribution in [3.8, 4) is 16.9 Å². The summed E-state index contributed by atoms with van der Waals surface area (Å²) in [5.41, 5.74) is 8.97.